The number of nitro groups is 1. The highest BCUT2D eigenvalue weighted by molar-refractivity contribution is 5.93. The van der Waals surface area contributed by atoms with E-state index in [1.165, 1.54) is 0 Å². The molecule has 1 aromatic rings. The minimum Gasteiger partial charge on any atom is -0.444 e. The van der Waals surface area contributed by atoms with Crippen LogP contribution < -0.4 is 21.7 Å². The molecule has 28 heavy (non-hydrogen) atoms. The van der Waals surface area contributed by atoms with Crippen LogP contribution in [0.25, 0.3) is 0 Å². The average molecular weight is 395 g/mol. The average Bonchev–Trinajstić information content (AvgIpc) is 2.57. The van der Waals surface area contributed by atoms with E-state index in [0.29, 0.717) is 32.5 Å². The number of ether oxygens (including phenoxy) is 1. The van der Waals surface area contributed by atoms with Crippen molar-refractivity contribution in [3.63, 3.8) is 0 Å². The zero-order valence-electron chi connectivity index (χ0n) is 16.5. The van der Waals surface area contributed by atoms with Gasteiger partial charge in [0.25, 0.3) is 5.96 Å². The van der Waals surface area contributed by atoms with Gasteiger partial charge < -0.3 is 21.1 Å². The van der Waals surface area contributed by atoms with Crippen molar-refractivity contribution in [2.75, 3.05) is 13.1 Å². The number of hydrazone groups is 1. The summed E-state index contributed by atoms with van der Waals surface area (Å²) in [4.78, 5) is 26.5. The lowest BCUT2D eigenvalue weighted by Crippen LogP contribution is -2.44. The molecule has 0 aliphatic carbocycles. The number of nitrogens with two attached hydrogens (primary N) is 1. The number of nitrogens with zero attached hydrogens (tertiary/aromatic N) is 3. The van der Waals surface area contributed by atoms with Crippen LogP contribution in [0.1, 0.15) is 39.3 Å². The normalized spacial score (nSPS) is 12.9. The van der Waals surface area contributed by atoms with Crippen molar-refractivity contribution in [3.05, 3.63) is 40.2 Å². The molecule has 0 saturated heterocycles. The molecule has 5 N–H and O–H groups in total. The summed E-state index contributed by atoms with van der Waals surface area (Å²) in [6.07, 6.45) is 2.23. The molecule has 1 heterocycles. The predicted molar refractivity (Wildman–Crippen MR) is 105 cm³/mol. The number of hydrogen-bond acceptors (Lipinski definition) is 7. The third-order valence-corrected chi connectivity index (χ3v) is 3.28. The summed E-state index contributed by atoms with van der Waals surface area (Å²) in [5.74, 6) is -0.277. The van der Waals surface area contributed by atoms with Gasteiger partial charge in [0.05, 0.1) is 5.69 Å². The van der Waals surface area contributed by atoms with Crippen molar-refractivity contribution in [2.24, 2.45) is 10.8 Å². The Morgan fingerprint density at radius 3 is 2.79 bits per heavy atom. The van der Waals surface area contributed by atoms with E-state index in [2.05, 4.69) is 26.0 Å². The molecule has 0 aliphatic rings. The van der Waals surface area contributed by atoms with Crippen LogP contribution in [0, 0.1) is 10.1 Å². The number of carbonyl (C=O) groups excluding carboxylic acids is 1. The molecule has 1 unspecified atom stereocenters. The van der Waals surface area contributed by atoms with Gasteiger partial charge >= 0.3 is 6.09 Å². The van der Waals surface area contributed by atoms with Crippen LogP contribution in [0.2, 0.25) is 0 Å². The standard InChI is InChI=1S/C17H29N7O4/c1-17(2,3)28-16(25)22-15(23-24(26)27)21-10-6-7-13(18)11-19-12-14-8-4-5-9-20-14/h4-5,8-9,13,19H,6-7,10-12,18H2,1-3H3,(H2,21,22,23,25). The van der Waals surface area contributed by atoms with Crippen molar-refractivity contribution >= 4 is 12.1 Å². The van der Waals surface area contributed by atoms with Gasteiger partial charge in [0.2, 0.25) is 0 Å². The number of nitrogens with one attached hydrogen (secondary N) is 3. The van der Waals surface area contributed by atoms with Crippen molar-refractivity contribution in [1.82, 2.24) is 20.9 Å². The fraction of sp³-hybridized carbons (Fsp3) is 0.588. The number of aromatic nitrogens is 1. The van der Waals surface area contributed by atoms with Crippen molar-refractivity contribution in [3.8, 4) is 0 Å². The number of amides is 1. The van der Waals surface area contributed by atoms with E-state index in [1.807, 2.05) is 18.2 Å². The Kier molecular flexibility index (Phi) is 9.82. The zero-order valence-corrected chi connectivity index (χ0v) is 16.5. The predicted octanol–water partition coefficient (Wildman–Crippen LogP) is 0.941. The topological polar surface area (TPSA) is 157 Å². The monoisotopic (exact) mass is 395 g/mol. The van der Waals surface area contributed by atoms with Gasteiger partial charge in [0.1, 0.15) is 10.7 Å². The molecule has 156 valence electrons. The minimum absolute atomic E-state index is 0.0831. The van der Waals surface area contributed by atoms with Gasteiger partial charge in [-0.2, -0.15) is 0 Å². The molecule has 0 aliphatic heterocycles. The first-order valence-electron chi connectivity index (χ1n) is 8.99. The van der Waals surface area contributed by atoms with Crippen LogP contribution in [0.4, 0.5) is 4.79 Å². The van der Waals surface area contributed by atoms with Crippen molar-refractivity contribution < 1.29 is 14.6 Å². The zero-order chi connectivity index (χ0) is 21.0. The molecule has 11 nitrogen and oxygen atoms in total. The van der Waals surface area contributed by atoms with Gasteiger partial charge in [-0.25, -0.2) is 14.9 Å². The van der Waals surface area contributed by atoms with Crippen LogP contribution >= 0.6 is 0 Å². The van der Waals surface area contributed by atoms with E-state index in [9.17, 15) is 14.9 Å². The van der Waals surface area contributed by atoms with Crippen LogP contribution in [-0.4, -0.2) is 46.8 Å². The van der Waals surface area contributed by atoms with E-state index in [4.69, 9.17) is 10.5 Å². The third-order valence-electron chi connectivity index (χ3n) is 3.28. The quantitative estimate of drug-likeness (QED) is 0.158. The van der Waals surface area contributed by atoms with Gasteiger partial charge in [-0.3, -0.25) is 10.3 Å². The van der Waals surface area contributed by atoms with Crippen LogP contribution in [0.3, 0.4) is 0 Å². The van der Waals surface area contributed by atoms with Gasteiger partial charge in [-0.05, 0) is 45.7 Å². The molecular weight excluding hydrogens is 366 g/mol. The molecule has 1 aromatic heterocycles. The van der Waals surface area contributed by atoms with E-state index < -0.39 is 16.7 Å². The van der Waals surface area contributed by atoms with E-state index in [0.717, 1.165) is 5.69 Å². The largest absolute Gasteiger partial charge is 0.444 e. The first kappa shape index (κ1) is 23.2. The maximum atomic E-state index is 11.7. The first-order valence-corrected chi connectivity index (χ1v) is 8.99. The fourth-order valence-corrected chi connectivity index (χ4v) is 2.15. The summed E-state index contributed by atoms with van der Waals surface area (Å²) >= 11 is 0. The van der Waals surface area contributed by atoms with Gasteiger partial charge in [-0.1, -0.05) is 6.07 Å². The number of guanidine groups is 1. The molecule has 1 amide bonds. The molecule has 1 rings (SSSR count). The summed E-state index contributed by atoms with van der Waals surface area (Å²) in [5.41, 5.74) is 6.26. The second-order valence-electron chi connectivity index (χ2n) is 7.09. The molecule has 11 heteroatoms. The molecule has 0 fully saturated rings. The van der Waals surface area contributed by atoms with Gasteiger partial charge in [0.15, 0.2) is 5.03 Å². The summed E-state index contributed by atoms with van der Waals surface area (Å²) in [7, 11) is 0. The Bertz CT molecular complexity index is 647. The Morgan fingerprint density at radius 1 is 1.43 bits per heavy atom. The number of rotatable bonds is 9. The van der Waals surface area contributed by atoms with E-state index in [-0.39, 0.29) is 12.0 Å². The number of alkyl carbamates (subject to hydrolysis) is 1. The minimum atomic E-state index is -0.896. The van der Waals surface area contributed by atoms with Gasteiger partial charge in [0, 0.05) is 31.9 Å². The van der Waals surface area contributed by atoms with Crippen LogP contribution in [-0.2, 0) is 11.3 Å². The smallest absolute Gasteiger partial charge is 0.414 e. The highest BCUT2D eigenvalue weighted by atomic mass is 16.7. The van der Waals surface area contributed by atoms with Crippen LogP contribution in [0.15, 0.2) is 29.5 Å². The Hall–Kier alpha value is -2.79. The van der Waals surface area contributed by atoms with Gasteiger partial charge in [-0.15, -0.1) is 0 Å². The Balaban J connectivity index is 2.29. The van der Waals surface area contributed by atoms with Crippen molar-refractivity contribution in [1.29, 1.82) is 0 Å². The Morgan fingerprint density at radius 2 is 2.18 bits per heavy atom. The molecule has 0 saturated carbocycles. The molecule has 0 aromatic carbocycles. The maximum Gasteiger partial charge on any atom is 0.414 e. The summed E-state index contributed by atoms with van der Waals surface area (Å²) in [6, 6.07) is 5.62. The third kappa shape index (κ3) is 11.8. The second-order valence-corrected chi connectivity index (χ2v) is 7.09. The highest BCUT2D eigenvalue weighted by Crippen LogP contribution is 2.06. The lowest BCUT2D eigenvalue weighted by atomic mass is 10.1. The van der Waals surface area contributed by atoms with E-state index >= 15 is 0 Å². The SMILES string of the molecule is CC(C)(C)OC(=O)NC(=N[N+](=O)[O-])NCCCC(N)CNCc1ccccn1. The summed E-state index contributed by atoms with van der Waals surface area (Å²) < 4.78 is 5.05. The second kappa shape index (κ2) is 11.8. The number of pyridine rings is 1. The Labute approximate surface area is 164 Å². The van der Waals surface area contributed by atoms with Crippen LogP contribution in [0.5, 0.6) is 0 Å². The first-order chi connectivity index (χ1) is 13.2. The summed E-state index contributed by atoms with van der Waals surface area (Å²) in [5, 5.41) is 21.0. The maximum absolute atomic E-state index is 11.7. The molecular formula is C17H29N7O4. The van der Waals surface area contributed by atoms with E-state index in [1.54, 1.807) is 27.0 Å². The molecule has 0 radical (unpaired) electrons. The number of hydrogen-bond donors (Lipinski definition) is 4. The molecule has 0 spiro atoms. The summed E-state index contributed by atoms with van der Waals surface area (Å²) in [6.45, 7) is 6.67. The lowest BCUT2D eigenvalue weighted by Gasteiger charge is -2.19. The fourth-order valence-electron chi connectivity index (χ4n) is 2.15. The lowest BCUT2D eigenvalue weighted by molar-refractivity contribution is -0.485. The highest BCUT2D eigenvalue weighted by Gasteiger charge is 2.18. The number of carbonyl (C=O) groups is 1. The molecule has 1 atom stereocenters. The van der Waals surface area contributed by atoms with Crippen molar-refractivity contribution in [2.45, 2.75) is 51.8 Å². The molecule has 0 bridgehead atoms.